The first-order valence-corrected chi connectivity index (χ1v) is 10.2. The van der Waals surface area contributed by atoms with Crippen LogP contribution in [0.4, 0.5) is 5.69 Å². The number of nitrogens with one attached hydrogen (secondary N) is 1. The van der Waals surface area contributed by atoms with Gasteiger partial charge in [0.2, 0.25) is 0 Å². The maximum absolute atomic E-state index is 13.0. The van der Waals surface area contributed by atoms with Crippen LogP contribution in [0.25, 0.3) is 10.9 Å². The number of likely N-dealkylation sites (N-methyl/N-ethyl adjacent to an activating group) is 1. The van der Waals surface area contributed by atoms with Crippen LogP contribution in [0.5, 0.6) is 0 Å². The molecule has 0 bridgehead atoms. The van der Waals surface area contributed by atoms with Crippen molar-refractivity contribution in [1.82, 2.24) is 9.88 Å². The van der Waals surface area contributed by atoms with Crippen LogP contribution in [0.3, 0.4) is 0 Å². The highest BCUT2D eigenvalue weighted by Gasteiger charge is 2.25. The van der Waals surface area contributed by atoms with E-state index in [0.717, 1.165) is 35.1 Å². The first kappa shape index (κ1) is 20.6. The number of ether oxygens (including phenoxy) is 1. The molecule has 0 fully saturated rings. The molecule has 0 saturated carbocycles. The molecule has 0 atom stereocenters. The van der Waals surface area contributed by atoms with Crippen molar-refractivity contribution in [2.45, 2.75) is 13.0 Å². The van der Waals surface area contributed by atoms with E-state index in [0.29, 0.717) is 22.8 Å². The molecule has 0 saturated heterocycles. The molecule has 0 radical (unpaired) electrons. The zero-order valence-electron chi connectivity index (χ0n) is 16.2. The van der Waals surface area contributed by atoms with Crippen LogP contribution < -0.4 is 5.32 Å². The second kappa shape index (κ2) is 8.60. The van der Waals surface area contributed by atoms with Crippen molar-refractivity contribution in [3.63, 3.8) is 0 Å². The quantitative estimate of drug-likeness (QED) is 0.607. The van der Waals surface area contributed by atoms with Crippen LogP contribution in [0, 0.1) is 0 Å². The van der Waals surface area contributed by atoms with Crippen LogP contribution >= 0.6 is 23.2 Å². The number of hydrogen-bond acceptors (Lipinski definition) is 5. The van der Waals surface area contributed by atoms with Gasteiger partial charge in [-0.3, -0.25) is 9.78 Å². The van der Waals surface area contributed by atoms with Gasteiger partial charge < -0.3 is 15.0 Å². The highest BCUT2D eigenvalue weighted by molar-refractivity contribution is 6.44. The number of carbonyl (C=O) groups is 2. The fourth-order valence-electron chi connectivity index (χ4n) is 3.55. The maximum atomic E-state index is 13.0. The van der Waals surface area contributed by atoms with E-state index in [9.17, 15) is 9.59 Å². The fraction of sp³-hybridized carbons (Fsp3) is 0.227. The number of para-hydroxylation sites is 1. The number of halogens is 2. The number of amides is 1. The minimum Gasteiger partial charge on any atom is -0.452 e. The number of aromatic nitrogens is 1. The molecule has 1 N–H and O–H groups in total. The lowest BCUT2D eigenvalue weighted by Crippen LogP contribution is -2.30. The van der Waals surface area contributed by atoms with Gasteiger partial charge in [0.15, 0.2) is 6.61 Å². The van der Waals surface area contributed by atoms with Crippen LogP contribution in [-0.2, 0) is 22.5 Å². The number of benzene rings is 2. The van der Waals surface area contributed by atoms with Crippen molar-refractivity contribution in [2.75, 3.05) is 25.5 Å². The van der Waals surface area contributed by atoms with E-state index in [-0.39, 0.29) is 5.02 Å². The summed E-state index contributed by atoms with van der Waals surface area (Å²) >= 11 is 12.0. The monoisotopic (exact) mass is 443 g/mol. The minimum atomic E-state index is -0.549. The van der Waals surface area contributed by atoms with E-state index in [4.69, 9.17) is 32.9 Å². The lowest BCUT2D eigenvalue weighted by Gasteiger charge is -2.26. The number of carbonyl (C=O) groups excluding carboxylic acids is 2. The molecule has 154 valence electrons. The van der Waals surface area contributed by atoms with Crippen molar-refractivity contribution in [3.8, 4) is 0 Å². The number of hydrogen-bond donors (Lipinski definition) is 1. The van der Waals surface area contributed by atoms with Crippen molar-refractivity contribution < 1.29 is 14.3 Å². The zero-order valence-corrected chi connectivity index (χ0v) is 17.8. The van der Waals surface area contributed by atoms with Crippen molar-refractivity contribution >= 4 is 51.7 Å². The Labute approximate surface area is 183 Å². The molecule has 1 aliphatic rings. The molecule has 30 heavy (non-hydrogen) atoms. The number of anilines is 1. The molecule has 2 aromatic carbocycles. The third-order valence-corrected chi connectivity index (χ3v) is 5.82. The summed E-state index contributed by atoms with van der Waals surface area (Å²) in [5, 5.41) is 3.89. The molecule has 1 aromatic heterocycles. The maximum Gasteiger partial charge on any atom is 0.339 e. The Morgan fingerprint density at radius 1 is 1.17 bits per heavy atom. The predicted octanol–water partition coefficient (Wildman–Crippen LogP) is 4.33. The van der Waals surface area contributed by atoms with Gasteiger partial charge in [-0.1, -0.05) is 47.5 Å². The molecule has 6 nitrogen and oxygen atoms in total. The first-order chi connectivity index (χ1) is 14.4. The summed E-state index contributed by atoms with van der Waals surface area (Å²) in [6, 6.07) is 12.4. The Morgan fingerprint density at radius 2 is 1.97 bits per heavy atom. The molecule has 3 aromatic rings. The second-order valence-corrected chi connectivity index (χ2v) is 7.93. The Balaban J connectivity index is 1.57. The van der Waals surface area contributed by atoms with Crippen molar-refractivity contribution in [2.24, 2.45) is 0 Å². The smallest absolute Gasteiger partial charge is 0.339 e. The number of pyridine rings is 1. The molecular formula is C22H19Cl2N3O3. The summed E-state index contributed by atoms with van der Waals surface area (Å²) in [6.07, 6.45) is 0.755. The second-order valence-electron chi connectivity index (χ2n) is 7.14. The molecule has 1 aliphatic heterocycles. The number of rotatable bonds is 4. The van der Waals surface area contributed by atoms with Crippen molar-refractivity contribution in [1.29, 1.82) is 0 Å². The van der Waals surface area contributed by atoms with Gasteiger partial charge in [0, 0.05) is 36.2 Å². The summed E-state index contributed by atoms with van der Waals surface area (Å²) in [6.45, 7) is 1.03. The van der Waals surface area contributed by atoms with E-state index in [1.807, 2.05) is 31.3 Å². The number of fused-ring (bicyclic) bond motifs is 2. The van der Waals surface area contributed by atoms with E-state index in [1.54, 1.807) is 18.2 Å². The van der Waals surface area contributed by atoms with Gasteiger partial charge in [0.1, 0.15) is 0 Å². The third-order valence-electron chi connectivity index (χ3n) is 5.00. The van der Waals surface area contributed by atoms with Crippen molar-refractivity contribution in [3.05, 3.63) is 69.3 Å². The highest BCUT2D eigenvalue weighted by Crippen LogP contribution is 2.30. The summed E-state index contributed by atoms with van der Waals surface area (Å²) < 4.78 is 5.37. The van der Waals surface area contributed by atoms with E-state index in [2.05, 4.69) is 10.2 Å². The van der Waals surface area contributed by atoms with Crippen LogP contribution in [0.1, 0.15) is 21.6 Å². The molecule has 0 aliphatic carbocycles. The van der Waals surface area contributed by atoms with Gasteiger partial charge in [0.25, 0.3) is 5.91 Å². The average molecular weight is 444 g/mol. The van der Waals surface area contributed by atoms with Crippen LogP contribution in [0.15, 0.2) is 42.5 Å². The molecular weight excluding hydrogens is 425 g/mol. The standard InChI is InChI=1S/C22H19Cl2N3O3/c1-27-10-9-17-14(11-27)20(13-5-2-3-7-16(13)25-17)22(29)30-12-19(28)26-18-8-4-6-15(23)21(18)24/h2-8H,9-12H2,1H3,(H,26,28). The van der Waals surface area contributed by atoms with Crippen LogP contribution in [0.2, 0.25) is 10.0 Å². The first-order valence-electron chi connectivity index (χ1n) is 9.44. The Bertz CT molecular complexity index is 1150. The van der Waals surface area contributed by atoms with E-state index in [1.165, 1.54) is 0 Å². The van der Waals surface area contributed by atoms with Gasteiger partial charge in [-0.15, -0.1) is 0 Å². The SMILES string of the molecule is CN1CCc2nc3ccccc3c(C(=O)OCC(=O)Nc3cccc(Cl)c3Cl)c2C1. The zero-order chi connectivity index (χ0) is 21.3. The van der Waals surface area contributed by atoms with Gasteiger partial charge in [-0.05, 0) is 25.2 Å². The molecule has 1 amide bonds. The van der Waals surface area contributed by atoms with E-state index >= 15 is 0 Å². The molecule has 8 heteroatoms. The van der Waals surface area contributed by atoms with Gasteiger partial charge >= 0.3 is 5.97 Å². The summed E-state index contributed by atoms with van der Waals surface area (Å²) in [5.74, 6) is -1.05. The average Bonchev–Trinajstić information content (AvgIpc) is 2.73. The lowest BCUT2D eigenvalue weighted by atomic mass is 9.96. The summed E-state index contributed by atoms with van der Waals surface area (Å²) in [7, 11) is 2.00. The number of nitrogens with zero attached hydrogens (tertiary/aromatic N) is 2. The predicted molar refractivity (Wildman–Crippen MR) is 117 cm³/mol. The highest BCUT2D eigenvalue weighted by atomic mass is 35.5. The molecule has 0 unspecified atom stereocenters. The Hall–Kier alpha value is -2.67. The molecule has 4 rings (SSSR count). The van der Waals surface area contributed by atoms with Crippen LogP contribution in [-0.4, -0.2) is 42.0 Å². The van der Waals surface area contributed by atoms with Gasteiger partial charge in [0.05, 0.1) is 26.8 Å². The molecule has 0 spiro atoms. The summed E-state index contributed by atoms with van der Waals surface area (Å²) in [4.78, 5) is 32.2. The summed E-state index contributed by atoms with van der Waals surface area (Å²) in [5.41, 5.74) is 3.32. The largest absolute Gasteiger partial charge is 0.452 e. The number of esters is 1. The lowest BCUT2D eigenvalue weighted by molar-refractivity contribution is -0.119. The van der Waals surface area contributed by atoms with Gasteiger partial charge in [-0.25, -0.2) is 4.79 Å². The minimum absolute atomic E-state index is 0.232. The van der Waals surface area contributed by atoms with Gasteiger partial charge in [-0.2, -0.15) is 0 Å². The van der Waals surface area contributed by atoms with E-state index < -0.39 is 18.5 Å². The third kappa shape index (κ3) is 4.12. The Morgan fingerprint density at radius 3 is 2.80 bits per heavy atom. The Kier molecular flexibility index (Phi) is 5.90. The molecule has 2 heterocycles. The topological polar surface area (TPSA) is 71.5 Å². The normalized spacial score (nSPS) is 13.7. The fourth-order valence-corrected chi connectivity index (χ4v) is 3.90.